The van der Waals surface area contributed by atoms with E-state index in [0.29, 0.717) is 17.2 Å². The first-order valence-corrected chi connectivity index (χ1v) is 6.09. The molecule has 0 fully saturated rings. The zero-order valence-electron chi connectivity index (χ0n) is 10.7. The Kier molecular flexibility index (Phi) is 4.40. The van der Waals surface area contributed by atoms with Crippen LogP contribution >= 0.6 is 12.2 Å². The summed E-state index contributed by atoms with van der Waals surface area (Å²) >= 11 is 5.15. The zero-order chi connectivity index (χ0) is 13.1. The molecule has 0 spiro atoms. The second-order valence-electron chi connectivity index (χ2n) is 4.54. The molecule has 0 aliphatic rings. The molecule has 0 aliphatic carbocycles. The molecular formula is C14H18O2S. The number of benzene rings is 1. The summed E-state index contributed by atoms with van der Waals surface area (Å²) in [6.07, 6.45) is 0. The molecular weight excluding hydrogens is 232 g/mol. The van der Waals surface area contributed by atoms with Gasteiger partial charge in [0.2, 0.25) is 0 Å². The average molecular weight is 250 g/mol. The monoisotopic (exact) mass is 250 g/mol. The molecule has 0 saturated carbocycles. The molecule has 92 valence electrons. The van der Waals surface area contributed by atoms with Gasteiger partial charge in [0.1, 0.15) is 0 Å². The lowest BCUT2D eigenvalue weighted by Gasteiger charge is -2.23. The van der Waals surface area contributed by atoms with Crippen LogP contribution in [0.4, 0.5) is 0 Å². The second kappa shape index (κ2) is 5.41. The fourth-order valence-electron chi connectivity index (χ4n) is 1.47. The molecule has 1 rings (SSSR count). The van der Waals surface area contributed by atoms with Crippen molar-refractivity contribution >= 4 is 23.1 Å². The van der Waals surface area contributed by atoms with Gasteiger partial charge in [-0.15, -0.1) is 0 Å². The Morgan fingerprint density at radius 2 is 1.82 bits per heavy atom. The third-order valence-electron chi connectivity index (χ3n) is 2.67. The topological polar surface area (TPSA) is 26.3 Å². The van der Waals surface area contributed by atoms with E-state index in [9.17, 15) is 4.79 Å². The van der Waals surface area contributed by atoms with Crippen LogP contribution < -0.4 is 0 Å². The summed E-state index contributed by atoms with van der Waals surface area (Å²) in [6, 6.07) is 7.50. The normalized spacial score (nSPS) is 11.1. The molecule has 0 radical (unpaired) electrons. The Labute approximate surface area is 108 Å². The van der Waals surface area contributed by atoms with Gasteiger partial charge in [0.05, 0.1) is 12.0 Å². The van der Waals surface area contributed by atoms with Gasteiger partial charge in [0.25, 0.3) is 0 Å². The molecule has 3 heteroatoms. The highest BCUT2D eigenvalue weighted by molar-refractivity contribution is 7.80. The van der Waals surface area contributed by atoms with Gasteiger partial charge in [0.15, 0.2) is 10.8 Å². The van der Waals surface area contributed by atoms with E-state index in [1.807, 2.05) is 38.1 Å². The lowest BCUT2D eigenvalue weighted by molar-refractivity contribution is 0.0881. The number of hydrogen-bond acceptors (Lipinski definition) is 3. The minimum absolute atomic E-state index is 0.00375. The number of Topliss-reactive ketones (excluding diaryl/α,β-unsaturated/α-hetero) is 1. The van der Waals surface area contributed by atoms with Crippen molar-refractivity contribution in [1.29, 1.82) is 0 Å². The lowest BCUT2D eigenvalue weighted by Crippen LogP contribution is -2.34. The smallest absolute Gasteiger partial charge is 0.176 e. The van der Waals surface area contributed by atoms with E-state index in [4.69, 9.17) is 17.0 Å². The molecule has 0 heterocycles. The number of carbonyl (C=O) groups is 1. The van der Waals surface area contributed by atoms with Crippen LogP contribution in [0.15, 0.2) is 24.3 Å². The van der Waals surface area contributed by atoms with Crippen LogP contribution in [0.5, 0.6) is 0 Å². The minimum Gasteiger partial charge on any atom is -0.486 e. The molecule has 0 bridgehead atoms. The van der Waals surface area contributed by atoms with Crippen molar-refractivity contribution in [2.75, 3.05) is 6.61 Å². The van der Waals surface area contributed by atoms with Gasteiger partial charge in [-0.2, -0.15) is 0 Å². The Bertz CT molecular complexity index is 418. The Morgan fingerprint density at radius 3 is 2.29 bits per heavy atom. The first kappa shape index (κ1) is 13.8. The summed E-state index contributed by atoms with van der Waals surface area (Å²) in [7, 11) is 0. The molecule has 17 heavy (non-hydrogen) atoms. The number of aryl methyl sites for hydroxylation is 1. The van der Waals surface area contributed by atoms with Crippen molar-refractivity contribution < 1.29 is 9.53 Å². The van der Waals surface area contributed by atoms with E-state index in [1.54, 1.807) is 13.8 Å². The second-order valence-corrected chi connectivity index (χ2v) is 4.91. The van der Waals surface area contributed by atoms with Crippen LogP contribution in [0, 0.1) is 12.3 Å². The first-order chi connectivity index (χ1) is 7.89. The maximum Gasteiger partial charge on any atom is 0.176 e. The SMILES string of the molecule is CCOC(=S)C(C)(C)C(=O)c1ccc(C)cc1. The summed E-state index contributed by atoms with van der Waals surface area (Å²) in [4.78, 5) is 12.3. The highest BCUT2D eigenvalue weighted by atomic mass is 32.1. The molecule has 0 aliphatic heterocycles. The highest BCUT2D eigenvalue weighted by Gasteiger charge is 2.34. The predicted octanol–water partition coefficient (Wildman–Crippen LogP) is 3.57. The van der Waals surface area contributed by atoms with Gasteiger partial charge in [-0.1, -0.05) is 29.8 Å². The van der Waals surface area contributed by atoms with Gasteiger partial charge >= 0.3 is 0 Å². The summed E-state index contributed by atoms with van der Waals surface area (Å²) in [6.45, 7) is 7.94. The van der Waals surface area contributed by atoms with Crippen LogP contribution in [0.2, 0.25) is 0 Å². The van der Waals surface area contributed by atoms with E-state index in [0.717, 1.165) is 5.56 Å². The molecule has 0 atom stereocenters. The molecule has 0 amide bonds. The van der Waals surface area contributed by atoms with Crippen molar-refractivity contribution in [3.05, 3.63) is 35.4 Å². The zero-order valence-corrected chi connectivity index (χ0v) is 11.6. The number of ketones is 1. The molecule has 0 N–H and O–H groups in total. The quantitative estimate of drug-likeness (QED) is 0.603. The van der Waals surface area contributed by atoms with Gasteiger partial charge in [0, 0.05) is 5.56 Å². The Balaban J connectivity index is 2.95. The molecule has 0 aromatic heterocycles. The molecule has 1 aromatic rings. The molecule has 0 saturated heterocycles. The minimum atomic E-state index is -0.763. The van der Waals surface area contributed by atoms with Crippen molar-refractivity contribution in [2.45, 2.75) is 27.7 Å². The number of rotatable bonds is 4. The van der Waals surface area contributed by atoms with E-state index in [-0.39, 0.29) is 5.78 Å². The maximum atomic E-state index is 12.3. The summed E-state index contributed by atoms with van der Waals surface area (Å²) in [5, 5.41) is 0.352. The van der Waals surface area contributed by atoms with Gasteiger partial charge in [-0.3, -0.25) is 4.79 Å². The van der Waals surface area contributed by atoms with Crippen LogP contribution in [-0.4, -0.2) is 17.4 Å². The largest absolute Gasteiger partial charge is 0.486 e. The molecule has 2 nitrogen and oxygen atoms in total. The van der Waals surface area contributed by atoms with Crippen LogP contribution in [0.1, 0.15) is 36.7 Å². The standard InChI is InChI=1S/C14H18O2S/c1-5-16-13(17)14(3,4)12(15)11-8-6-10(2)7-9-11/h6-9H,5H2,1-4H3. The Morgan fingerprint density at radius 1 is 1.29 bits per heavy atom. The third kappa shape index (κ3) is 3.13. The van der Waals surface area contributed by atoms with Crippen LogP contribution in [0.3, 0.4) is 0 Å². The highest BCUT2D eigenvalue weighted by Crippen LogP contribution is 2.25. The summed E-state index contributed by atoms with van der Waals surface area (Å²) in [5.41, 5.74) is 1.04. The van der Waals surface area contributed by atoms with E-state index in [2.05, 4.69) is 0 Å². The van der Waals surface area contributed by atoms with Crippen molar-refractivity contribution in [3.63, 3.8) is 0 Å². The number of ether oxygens (including phenoxy) is 1. The van der Waals surface area contributed by atoms with Gasteiger partial charge < -0.3 is 4.74 Å². The van der Waals surface area contributed by atoms with E-state index < -0.39 is 5.41 Å². The van der Waals surface area contributed by atoms with E-state index >= 15 is 0 Å². The lowest BCUT2D eigenvalue weighted by atomic mass is 9.85. The Hall–Kier alpha value is -1.22. The maximum absolute atomic E-state index is 12.3. The van der Waals surface area contributed by atoms with Crippen LogP contribution in [0.25, 0.3) is 0 Å². The van der Waals surface area contributed by atoms with Gasteiger partial charge in [-0.25, -0.2) is 0 Å². The average Bonchev–Trinajstić information content (AvgIpc) is 2.29. The molecule has 1 aromatic carbocycles. The summed E-state index contributed by atoms with van der Waals surface area (Å²) < 4.78 is 5.28. The van der Waals surface area contributed by atoms with Gasteiger partial charge in [-0.05, 0) is 39.9 Å². The summed E-state index contributed by atoms with van der Waals surface area (Å²) in [5.74, 6) is -0.00375. The number of hydrogen-bond donors (Lipinski definition) is 0. The first-order valence-electron chi connectivity index (χ1n) is 5.68. The van der Waals surface area contributed by atoms with Crippen molar-refractivity contribution in [1.82, 2.24) is 0 Å². The van der Waals surface area contributed by atoms with Crippen LogP contribution in [-0.2, 0) is 4.74 Å². The van der Waals surface area contributed by atoms with Crippen molar-refractivity contribution in [3.8, 4) is 0 Å². The number of carbonyl (C=O) groups excluding carboxylic acids is 1. The van der Waals surface area contributed by atoms with Crippen molar-refractivity contribution in [2.24, 2.45) is 5.41 Å². The van der Waals surface area contributed by atoms with E-state index in [1.165, 1.54) is 0 Å². The molecule has 0 unspecified atom stereocenters. The fourth-order valence-corrected chi connectivity index (χ4v) is 1.68. The third-order valence-corrected chi connectivity index (χ3v) is 3.30. The number of thiocarbonyl (C=S) groups is 1. The predicted molar refractivity (Wildman–Crippen MR) is 73.5 cm³/mol. The fraction of sp³-hybridized carbons (Fsp3) is 0.429.